The first-order valence-corrected chi connectivity index (χ1v) is 12.7. The molecule has 34 heavy (non-hydrogen) atoms. The van der Waals surface area contributed by atoms with Crippen LogP contribution in [0.5, 0.6) is 11.5 Å². The topological polar surface area (TPSA) is 163 Å². The standard InChI is InChI=1S/C22H20O11S/c23-14-10-4-9-5-11(14)8-22(6-9,7-10)21(26)33-18-15-12(13-16(31-15)17(18)32-20(13)25)19(24)30-2-1-3-34(27,28)29/h9-11H,1-8H2,(H,27,28,29). The molecule has 2 aromatic rings. The highest BCUT2D eigenvalue weighted by molar-refractivity contribution is 7.85. The lowest BCUT2D eigenvalue weighted by molar-refractivity contribution is -0.167. The van der Waals surface area contributed by atoms with Gasteiger partial charge in [-0.1, -0.05) is 0 Å². The Balaban J connectivity index is 1.25. The molecule has 1 N–H and O–H groups in total. The number of rotatable bonds is 7. The third-order valence-corrected chi connectivity index (χ3v) is 8.34. The fourth-order valence-corrected chi connectivity index (χ4v) is 6.83. The van der Waals surface area contributed by atoms with E-state index in [9.17, 15) is 27.6 Å². The summed E-state index contributed by atoms with van der Waals surface area (Å²) in [4.78, 5) is 50.8. The van der Waals surface area contributed by atoms with Gasteiger partial charge in [-0.3, -0.25) is 14.1 Å². The van der Waals surface area contributed by atoms with E-state index in [1.165, 1.54) is 0 Å². The second-order valence-corrected chi connectivity index (χ2v) is 11.3. The lowest BCUT2D eigenvalue weighted by Crippen LogP contribution is -2.55. The molecular weight excluding hydrogens is 472 g/mol. The number of hydrogen-bond acceptors (Lipinski definition) is 10. The van der Waals surface area contributed by atoms with Crippen molar-refractivity contribution < 1.29 is 50.8 Å². The second-order valence-electron chi connectivity index (χ2n) is 9.75. The quantitative estimate of drug-likeness (QED) is 0.261. The van der Waals surface area contributed by atoms with Gasteiger partial charge in [0.25, 0.3) is 10.1 Å². The molecule has 0 spiro atoms. The molecule has 2 unspecified atom stereocenters. The van der Waals surface area contributed by atoms with E-state index in [-0.39, 0.29) is 64.4 Å². The lowest BCUT2D eigenvalue weighted by Gasteiger charge is -2.53. The molecular formula is C22H20O11S. The van der Waals surface area contributed by atoms with Crippen LogP contribution in [0.15, 0.2) is 4.42 Å². The van der Waals surface area contributed by atoms with Crippen molar-refractivity contribution in [2.24, 2.45) is 23.2 Å². The largest absolute Gasteiger partial charge is 0.462 e. The molecule has 4 fully saturated rings. The molecule has 0 amide bonds. The molecule has 4 aliphatic carbocycles. The van der Waals surface area contributed by atoms with Gasteiger partial charge in [0, 0.05) is 11.8 Å². The minimum absolute atomic E-state index is 0.0200. The summed E-state index contributed by atoms with van der Waals surface area (Å²) in [5.41, 5.74) is -1.36. The molecule has 12 heteroatoms. The molecule has 0 aromatic carbocycles. The number of fused-ring (bicyclic) bond motifs is 1. The van der Waals surface area contributed by atoms with E-state index in [0.717, 1.165) is 12.8 Å². The Morgan fingerprint density at radius 1 is 1.09 bits per heavy atom. The van der Waals surface area contributed by atoms with E-state index < -0.39 is 39.2 Å². The van der Waals surface area contributed by atoms with Gasteiger partial charge in [-0.05, 0) is 44.4 Å². The van der Waals surface area contributed by atoms with Crippen LogP contribution in [0.1, 0.15) is 59.2 Å². The van der Waals surface area contributed by atoms with E-state index >= 15 is 0 Å². The number of esters is 3. The van der Waals surface area contributed by atoms with Crippen LogP contribution in [-0.2, 0) is 24.4 Å². The van der Waals surface area contributed by atoms with Gasteiger partial charge in [-0.2, -0.15) is 8.42 Å². The molecule has 11 nitrogen and oxygen atoms in total. The lowest BCUT2D eigenvalue weighted by atomic mass is 9.49. The number of carbonyl (C=O) groups excluding carboxylic acids is 4. The minimum atomic E-state index is -4.21. The van der Waals surface area contributed by atoms with Crippen LogP contribution in [0.3, 0.4) is 0 Å². The summed E-state index contributed by atoms with van der Waals surface area (Å²) in [5.74, 6) is -2.94. The van der Waals surface area contributed by atoms with Crippen molar-refractivity contribution in [2.75, 3.05) is 12.4 Å². The predicted octanol–water partition coefficient (Wildman–Crippen LogP) is 2.14. The molecule has 2 atom stereocenters. The molecule has 7 rings (SSSR count). The maximum Gasteiger partial charge on any atom is 0.348 e. The highest BCUT2D eigenvalue weighted by Gasteiger charge is 2.59. The molecule has 180 valence electrons. The molecule has 0 radical (unpaired) electrons. The Morgan fingerprint density at radius 3 is 2.47 bits per heavy atom. The molecule has 6 bridgehead atoms. The first-order chi connectivity index (χ1) is 16.1. The monoisotopic (exact) mass is 492 g/mol. The molecule has 3 heterocycles. The Hall–Kier alpha value is -2.99. The van der Waals surface area contributed by atoms with Gasteiger partial charge in [-0.15, -0.1) is 0 Å². The number of ether oxygens (including phenoxy) is 3. The number of benzene rings is 1. The Kier molecular flexibility index (Phi) is 4.44. The van der Waals surface area contributed by atoms with Gasteiger partial charge in [-0.25, -0.2) is 9.59 Å². The molecule has 0 saturated heterocycles. The SMILES string of the molecule is O=C1Oc2c(OC(=O)C34CC5CC(C3)C(=O)C(C5)C4)c3oc2c1c3C(=O)OCCCS(=O)(=O)O. The summed E-state index contributed by atoms with van der Waals surface area (Å²) in [6, 6.07) is 0. The zero-order valence-electron chi connectivity index (χ0n) is 17.8. The number of Topliss-reactive ketones (excluding diaryl/α,β-unsaturated/α-hetero) is 1. The van der Waals surface area contributed by atoms with E-state index in [0.29, 0.717) is 25.2 Å². The summed E-state index contributed by atoms with van der Waals surface area (Å²) < 4.78 is 51.9. The highest BCUT2D eigenvalue weighted by atomic mass is 32.2. The van der Waals surface area contributed by atoms with E-state index in [2.05, 4.69) is 0 Å². The van der Waals surface area contributed by atoms with Crippen molar-refractivity contribution in [3.63, 3.8) is 0 Å². The molecule has 2 aromatic heterocycles. The Labute approximate surface area is 192 Å². The van der Waals surface area contributed by atoms with E-state index in [4.69, 9.17) is 23.2 Å². The van der Waals surface area contributed by atoms with Crippen molar-refractivity contribution in [3.8, 4) is 11.5 Å². The number of ketones is 1. The zero-order valence-corrected chi connectivity index (χ0v) is 18.6. The number of carbonyl (C=O) groups is 4. The third kappa shape index (κ3) is 3.08. The Bertz CT molecular complexity index is 1350. The van der Waals surface area contributed by atoms with Crippen molar-refractivity contribution in [3.05, 3.63) is 11.1 Å². The highest BCUT2D eigenvalue weighted by Crippen LogP contribution is 2.60. The summed E-state index contributed by atoms with van der Waals surface area (Å²) in [7, 11) is -4.21. The van der Waals surface area contributed by atoms with Gasteiger partial charge in [0.05, 0.1) is 17.8 Å². The van der Waals surface area contributed by atoms with E-state index in [1.807, 2.05) is 0 Å². The van der Waals surface area contributed by atoms with Gasteiger partial charge >= 0.3 is 17.9 Å². The predicted molar refractivity (Wildman–Crippen MR) is 110 cm³/mol. The van der Waals surface area contributed by atoms with Crippen molar-refractivity contribution in [1.82, 2.24) is 0 Å². The number of furan rings is 2. The van der Waals surface area contributed by atoms with Crippen molar-refractivity contribution >= 4 is 45.0 Å². The summed E-state index contributed by atoms with van der Waals surface area (Å²) in [6.45, 7) is -0.333. The van der Waals surface area contributed by atoms with Crippen LogP contribution in [-0.4, -0.2) is 49.0 Å². The van der Waals surface area contributed by atoms with Gasteiger partial charge in [0.15, 0.2) is 11.2 Å². The third-order valence-electron chi connectivity index (χ3n) is 7.53. The maximum atomic E-state index is 13.4. The fraction of sp³-hybridized carbons (Fsp3) is 0.545. The minimum Gasteiger partial charge on any atom is -0.462 e. The van der Waals surface area contributed by atoms with Gasteiger partial charge in [0.2, 0.25) is 11.5 Å². The molecule has 1 aliphatic heterocycles. The zero-order chi connectivity index (χ0) is 24.0. The fourth-order valence-electron chi connectivity index (χ4n) is 6.35. The summed E-state index contributed by atoms with van der Waals surface area (Å²) >= 11 is 0. The number of hydrogen-bond donors (Lipinski definition) is 1. The average Bonchev–Trinajstić information content (AvgIpc) is 3.37. The first-order valence-electron chi connectivity index (χ1n) is 11.1. The van der Waals surface area contributed by atoms with Crippen LogP contribution >= 0.6 is 0 Å². The summed E-state index contributed by atoms with van der Waals surface area (Å²) in [6.07, 6.45) is 2.93. The van der Waals surface area contributed by atoms with Gasteiger partial charge < -0.3 is 18.6 Å². The second kappa shape index (κ2) is 7.01. The average molecular weight is 492 g/mol. The smallest absolute Gasteiger partial charge is 0.348 e. The van der Waals surface area contributed by atoms with Crippen LogP contribution < -0.4 is 9.47 Å². The Morgan fingerprint density at radius 2 is 1.79 bits per heavy atom. The van der Waals surface area contributed by atoms with Crippen molar-refractivity contribution in [1.29, 1.82) is 0 Å². The van der Waals surface area contributed by atoms with Crippen LogP contribution in [0, 0.1) is 23.2 Å². The van der Waals surface area contributed by atoms with Crippen molar-refractivity contribution in [2.45, 2.75) is 38.5 Å². The first kappa shape index (κ1) is 21.5. The van der Waals surface area contributed by atoms with Crippen LogP contribution in [0.4, 0.5) is 0 Å². The molecule has 4 saturated carbocycles. The molecule has 5 aliphatic rings. The van der Waals surface area contributed by atoms with Crippen LogP contribution in [0.25, 0.3) is 11.2 Å². The van der Waals surface area contributed by atoms with Gasteiger partial charge in [0.1, 0.15) is 16.9 Å². The summed E-state index contributed by atoms with van der Waals surface area (Å²) in [5, 5.41) is 0. The normalized spacial score (nSPS) is 29.1. The maximum absolute atomic E-state index is 13.4. The van der Waals surface area contributed by atoms with E-state index in [1.54, 1.807) is 0 Å². The van der Waals surface area contributed by atoms with Crippen LogP contribution in [0.2, 0.25) is 0 Å².